The van der Waals surface area contributed by atoms with Gasteiger partial charge in [-0.05, 0) is 78.9 Å². The zero-order valence-electron chi connectivity index (χ0n) is 23.1. The molecule has 1 heterocycles. The molecule has 6 heteroatoms. The lowest BCUT2D eigenvalue weighted by atomic mass is 9.95. The van der Waals surface area contributed by atoms with Crippen molar-refractivity contribution in [2.45, 2.75) is 53.0 Å². The van der Waals surface area contributed by atoms with Crippen molar-refractivity contribution in [1.82, 2.24) is 0 Å². The second-order valence-corrected chi connectivity index (χ2v) is 10.4. The van der Waals surface area contributed by atoms with E-state index in [2.05, 4.69) is 20.8 Å². The van der Waals surface area contributed by atoms with Crippen LogP contribution in [-0.2, 0) is 9.59 Å². The van der Waals surface area contributed by atoms with Crippen molar-refractivity contribution in [3.05, 3.63) is 95.1 Å². The van der Waals surface area contributed by atoms with E-state index in [1.54, 1.807) is 30.3 Å². The van der Waals surface area contributed by atoms with Gasteiger partial charge in [-0.15, -0.1) is 0 Å². The number of anilines is 1. The molecule has 1 saturated heterocycles. The summed E-state index contributed by atoms with van der Waals surface area (Å²) < 4.78 is 11.6. The van der Waals surface area contributed by atoms with Gasteiger partial charge >= 0.3 is 0 Å². The lowest BCUT2D eigenvalue weighted by Crippen LogP contribution is -2.29. The average molecular weight is 528 g/mol. The highest BCUT2D eigenvalue weighted by Gasteiger charge is 2.47. The molecule has 1 N–H and O–H groups in total. The molecular formula is C33H37NO5. The van der Waals surface area contributed by atoms with Crippen LogP contribution in [0.25, 0.3) is 5.76 Å². The van der Waals surface area contributed by atoms with Crippen molar-refractivity contribution in [1.29, 1.82) is 0 Å². The number of aliphatic hydroxyl groups excluding tert-OH is 1. The first-order valence-electron chi connectivity index (χ1n) is 13.6. The molecule has 1 aliphatic rings. The number of hydrogen-bond donors (Lipinski definition) is 1. The summed E-state index contributed by atoms with van der Waals surface area (Å²) in [6.45, 7) is 9.44. The minimum absolute atomic E-state index is 0.0500. The summed E-state index contributed by atoms with van der Waals surface area (Å²) in [5, 5.41) is 11.4. The Bertz CT molecular complexity index is 1320. The number of ketones is 1. The molecule has 0 spiro atoms. The maximum absolute atomic E-state index is 13.4. The van der Waals surface area contributed by atoms with E-state index in [-0.39, 0.29) is 11.3 Å². The second-order valence-electron chi connectivity index (χ2n) is 10.4. The number of aryl methyl sites for hydroxylation is 1. The highest BCUT2D eigenvalue weighted by molar-refractivity contribution is 6.51. The Labute approximate surface area is 230 Å². The van der Waals surface area contributed by atoms with Gasteiger partial charge in [0.05, 0.1) is 24.8 Å². The van der Waals surface area contributed by atoms with E-state index in [4.69, 9.17) is 9.47 Å². The van der Waals surface area contributed by atoms with Crippen LogP contribution in [0.1, 0.15) is 62.8 Å². The summed E-state index contributed by atoms with van der Waals surface area (Å²) in [7, 11) is 0. The van der Waals surface area contributed by atoms with Gasteiger partial charge in [0.2, 0.25) is 0 Å². The van der Waals surface area contributed by atoms with Crippen molar-refractivity contribution in [3.8, 4) is 11.5 Å². The third-order valence-corrected chi connectivity index (χ3v) is 6.65. The summed E-state index contributed by atoms with van der Waals surface area (Å²) in [6.07, 6.45) is 3.19. The molecule has 1 atom stereocenters. The third-order valence-electron chi connectivity index (χ3n) is 6.65. The number of aliphatic hydroxyl groups is 1. The maximum atomic E-state index is 13.4. The maximum Gasteiger partial charge on any atom is 0.300 e. The Balaban J connectivity index is 1.73. The number of benzene rings is 3. The van der Waals surface area contributed by atoms with Gasteiger partial charge in [-0.1, -0.05) is 57.9 Å². The molecule has 0 radical (unpaired) electrons. The van der Waals surface area contributed by atoms with Gasteiger partial charge in [0, 0.05) is 11.3 Å². The van der Waals surface area contributed by atoms with E-state index in [0.29, 0.717) is 47.4 Å². The number of amides is 1. The highest BCUT2D eigenvalue weighted by Crippen LogP contribution is 2.42. The molecule has 1 fully saturated rings. The summed E-state index contributed by atoms with van der Waals surface area (Å²) in [5.41, 5.74) is 2.75. The molecule has 0 aromatic heterocycles. The smallest absolute Gasteiger partial charge is 0.300 e. The molecule has 39 heavy (non-hydrogen) atoms. The molecule has 1 unspecified atom stereocenters. The molecule has 6 nitrogen and oxygen atoms in total. The lowest BCUT2D eigenvalue weighted by Gasteiger charge is -2.26. The Hall–Kier alpha value is -4.06. The molecular weight excluding hydrogens is 490 g/mol. The van der Waals surface area contributed by atoms with Crippen LogP contribution in [0.4, 0.5) is 5.69 Å². The lowest BCUT2D eigenvalue weighted by molar-refractivity contribution is -0.132. The predicted octanol–water partition coefficient (Wildman–Crippen LogP) is 7.23. The first-order chi connectivity index (χ1) is 18.8. The van der Waals surface area contributed by atoms with E-state index in [1.807, 2.05) is 49.4 Å². The number of nitrogens with zero attached hydrogens (tertiary/aromatic N) is 1. The molecule has 1 amide bonds. The van der Waals surface area contributed by atoms with Crippen LogP contribution < -0.4 is 14.4 Å². The SMILES string of the molecule is CCCCCOc1ccc(/C(O)=C2\C(=O)C(=O)N(c3cccc(C)c3)C2c2ccc(OCC(C)C)cc2)cc1. The fraction of sp³-hybridized carbons (Fsp3) is 0.333. The van der Waals surface area contributed by atoms with Gasteiger partial charge in [0.1, 0.15) is 17.3 Å². The number of rotatable bonds is 11. The number of carbonyl (C=O) groups excluding carboxylic acids is 2. The first-order valence-corrected chi connectivity index (χ1v) is 13.6. The normalized spacial score (nSPS) is 16.6. The van der Waals surface area contributed by atoms with Crippen LogP contribution in [0.2, 0.25) is 0 Å². The molecule has 204 valence electrons. The summed E-state index contributed by atoms with van der Waals surface area (Å²) in [4.78, 5) is 28.3. The van der Waals surface area contributed by atoms with Gasteiger partial charge in [-0.3, -0.25) is 14.5 Å². The highest BCUT2D eigenvalue weighted by atomic mass is 16.5. The summed E-state index contributed by atoms with van der Waals surface area (Å²) in [6, 6.07) is 21.0. The Morgan fingerprint density at radius 2 is 1.59 bits per heavy atom. The number of carbonyl (C=O) groups is 2. The quantitative estimate of drug-likeness (QED) is 0.123. The molecule has 3 aromatic carbocycles. The van der Waals surface area contributed by atoms with Crippen LogP contribution in [0.15, 0.2) is 78.4 Å². The molecule has 0 aliphatic carbocycles. The second kappa shape index (κ2) is 12.7. The van der Waals surface area contributed by atoms with E-state index in [1.165, 1.54) is 4.90 Å². The first kappa shape index (κ1) is 28.0. The predicted molar refractivity (Wildman–Crippen MR) is 154 cm³/mol. The third kappa shape index (κ3) is 6.51. The number of hydrogen-bond acceptors (Lipinski definition) is 5. The topological polar surface area (TPSA) is 76.1 Å². The monoisotopic (exact) mass is 527 g/mol. The van der Waals surface area contributed by atoms with Gasteiger partial charge in [0.25, 0.3) is 11.7 Å². The van der Waals surface area contributed by atoms with Gasteiger partial charge < -0.3 is 14.6 Å². The largest absolute Gasteiger partial charge is 0.507 e. The van der Waals surface area contributed by atoms with Gasteiger partial charge in [-0.25, -0.2) is 0 Å². The molecule has 0 bridgehead atoms. The van der Waals surface area contributed by atoms with Crippen LogP contribution in [0.5, 0.6) is 11.5 Å². The van der Waals surface area contributed by atoms with Crippen molar-refractivity contribution >= 4 is 23.1 Å². The fourth-order valence-corrected chi connectivity index (χ4v) is 4.61. The van der Waals surface area contributed by atoms with E-state index in [0.717, 1.165) is 24.8 Å². The van der Waals surface area contributed by atoms with Crippen LogP contribution in [-0.4, -0.2) is 30.0 Å². The zero-order chi connectivity index (χ0) is 27.9. The van der Waals surface area contributed by atoms with E-state index < -0.39 is 17.7 Å². The van der Waals surface area contributed by atoms with Crippen molar-refractivity contribution < 1.29 is 24.2 Å². The Kier molecular flexibility index (Phi) is 9.07. The average Bonchev–Trinajstić information content (AvgIpc) is 3.20. The van der Waals surface area contributed by atoms with Gasteiger partial charge in [0.15, 0.2) is 0 Å². The number of Topliss-reactive ketones (excluding diaryl/α,β-unsaturated/α-hetero) is 1. The summed E-state index contributed by atoms with van der Waals surface area (Å²) in [5.74, 6) is 0.158. The molecule has 3 aromatic rings. The van der Waals surface area contributed by atoms with E-state index >= 15 is 0 Å². The number of ether oxygens (including phenoxy) is 2. The molecule has 4 rings (SSSR count). The minimum atomic E-state index is -0.795. The van der Waals surface area contributed by atoms with Crippen LogP contribution in [0, 0.1) is 12.8 Å². The van der Waals surface area contributed by atoms with Crippen molar-refractivity contribution in [2.75, 3.05) is 18.1 Å². The number of unbranched alkanes of at least 4 members (excludes halogenated alkanes) is 2. The van der Waals surface area contributed by atoms with Crippen LogP contribution in [0.3, 0.4) is 0 Å². The standard InChI is InChI=1S/C33H37NO5/c1-5-6-7-19-38-27-17-13-25(14-18-27)31(35)29-30(24-11-15-28(16-12-24)39-21-22(2)3)34(33(37)32(29)36)26-10-8-9-23(4)20-26/h8-18,20,22,30,35H,5-7,19,21H2,1-4H3/b31-29+. The fourth-order valence-electron chi connectivity index (χ4n) is 4.61. The molecule has 0 saturated carbocycles. The minimum Gasteiger partial charge on any atom is -0.507 e. The Morgan fingerprint density at radius 3 is 2.23 bits per heavy atom. The van der Waals surface area contributed by atoms with Crippen molar-refractivity contribution in [3.63, 3.8) is 0 Å². The Morgan fingerprint density at radius 1 is 0.923 bits per heavy atom. The van der Waals surface area contributed by atoms with E-state index in [9.17, 15) is 14.7 Å². The van der Waals surface area contributed by atoms with Crippen molar-refractivity contribution in [2.24, 2.45) is 5.92 Å². The zero-order valence-corrected chi connectivity index (χ0v) is 23.1. The van der Waals surface area contributed by atoms with Crippen LogP contribution >= 0.6 is 0 Å². The summed E-state index contributed by atoms with van der Waals surface area (Å²) >= 11 is 0. The van der Waals surface area contributed by atoms with Gasteiger partial charge in [-0.2, -0.15) is 0 Å². The molecule has 1 aliphatic heterocycles.